The average molecular weight is 320 g/mol. The molecule has 122 valence electrons. The molecule has 0 saturated heterocycles. The number of hydrogen-bond donors (Lipinski definition) is 1. The Hall–Kier alpha value is -2.83. The topological polar surface area (TPSA) is 69.6 Å². The van der Waals surface area contributed by atoms with Crippen LogP contribution in [0.4, 0.5) is 9.18 Å². The summed E-state index contributed by atoms with van der Waals surface area (Å²) in [5.41, 5.74) is 4.18. The molecule has 0 unspecified atom stereocenters. The van der Waals surface area contributed by atoms with Crippen LogP contribution in [-0.4, -0.2) is 31.0 Å². The molecule has 0 radical (unpaired) electrons. The maximum atomic E-state index is 14.2. The van der Waals surface area contributed by atoms with Gasteiger partial charge in [0.1, 0.15) is 5.82 Å². The summed E-state index contributed by atoms with van der Waals surface area (Å²) >= 11 is 0. The molecule has 0 aliphatic heterocycles. The number of aromatic nitrogens is 1. The molecule has 1 aromatic heterocycles. The van der Waals surface area contributed by atoms with Crippen molar-refractivity contribution in [2.24, 2.45) is 0 Å². The Balaban J connectivity index is 2.74. The van der Waals surface area contributed by atoms with Crippen LogP contribution in [0.5, 0.6) is 0 Å². The zero-order chi connectivity index (χ0) is 17.1. The summed E-state index contributed by atoms with van der Waals surface area (Å²) in [6.07, 6.45) is -0.706. The molecular weight excluding hydrogens is 303 g/mol. The molecule has 1 heterocycles. The molecule has 23 heavy (non-hydrogen) atoms. The highest BCUT2D eigenvalue weighted by Crippen LogP contribution is 2.33. The van der Waals surface area contributed by atoms with E-state index in [9.17, 15) is 14.0 Å². The molecule has 2 rings (SSSR count). The summed E-state index contributed by atoms with van der Waals surface area (Å²) in [7, 11) is 2.47. The number of methoxy groups -OCH3 is 2. The van der Waals surface area contributed by atoms with Gasteiger partial charge in [-0.2, -0.15) is 0 Å². The number of rotatable bonds is 3. The van der Waals surface area contributed by atoms with Crippen LogP contribution in [0.15, 0.2) is 24.3 Å². The highest BCUT2D eigenvalue weighted by Gasteiger charge is 2.27. The molecule has 0 aliphatic carbocycles. The van der Waals surface area contributed by atoms with E-state index < -0.39 is 17.9 Å². The number of carbonyl (C=O) groups is 2. The molecule has 7 heteroatoms. The Kier molecular flexibility index (Phi) is 4.68. The lowest BCUT2D eigenvalue weighted by atomic mass is 10.00. The monoisotopic (exact) mass is 320 g/mol. The number of esters is 1. The number of benzene rings is 1. The van der Waals surface area contributed by atoms with Gasteiger partial charge < -0.3 is 9.47 Å². The Bertz CT molecular complexity index is 768. The maximum absolute atomic E-state index is 14.2. The first-order valence-corrected chi connectivity index (χ1v) is 6.82. The fourth-order valence-corrected chi connectivity index (χ4v) is 2.49. The predicted octanol–water partition coefficient (Wildman–Crippen LogP) is 3.01. The van der Waals surface area contributed by atoms with E-state index in [4.69, 9.17) is 4.74 Å². The minimum Gasteiger partial charge on any atom is -0.465 e. The Morgan fingerprint density at radius 3 is 2.30 bits per heavy atom. The minimum atomic E-state index is -0.706. The Morgan fingerprint density at radius 1 is 1.09 bits per heavy atom. The molecule has 1 N–H and O–H groups in total. The van der Waals surface area contributed by atoms with Crippen LogP contribution in [0.3, 0.4) is 0 Å². The second kappa shape index (κ2) is 6.51. The maximum Gasteiger partial charge on any atom is 0.426 e. The molecule has 1 aromatic carbocycles. The van der Waals surface area contributed by atoms with Gasteiger partial charge in [-0.3, -0.25) is 4.68 Å². The van der Waals surface area contributed by atoms with Crippen molar-refractivity contribution in [3.8, 4) is 11.1 Å². The van der Waals surface area contributed by atoms with Crippen molar-refractivity contribution in [3.63, 3.8) is 0 Å². The summed E-state index contributed by atoms with van der Waals surface area (Å²) in [5, 5.41) is 0. The smallest absolute Gasteiger partial charge is 0.426 e. The van der Waals surface area contributed by atoms with E-state index in [1.165, 1.54) is 25.0 Å². The van der Waals surface area contributed by atoms with Crippen molar-refractivity contribution in [2.45, 2.75) is 13.8 Å². The summed E-state index contributed by atoms with van der Waals surface area (Å²) in [6, 6.07) is 6.09. The number of halogens is 1. The lowest BCUT2D eigenvalue weighted by Gasteiger charge is -2.10. The summed E-state index contributed by atoms with van der Waals surface area (Å²) < 4.78 is 24.9. The van der Waals surface area contributed by atoms with Crippen LogP contribution in [-0.2, 0) is 9.47 Å². The van der Waals surface area contributed by atoms with Gasteiger partial charge in [0.15, 0.2) is 0 Å². The SMILES string of the molecule is COC(=O)Nn1c(C)c(C(=O)OC)c(-c2ccccc2F)c1C. The number of nitrogens with zero attached hydrogens (tertiary/aromatic N) is 1. The molecule has 0 fully saturated rings. The number of carbonyl (C=O) groups excluding carboxylic acids is 2. The van der Waals surface area contributed by atoms with Gasteiger partial charge in [0, 0.05) is 16.8 Å². The fourth-order valence-electron chi connectivity index (χ4n) is 2.49. The fraction of sp³-hybridized carbons (Fsp3) is 0.250. The zero-order valence-electron chi connectivity index (χ0n) is 13.3. The quantitative estimate of drug-likeness (QED) is 0.883. The molecule has 0 saturated carbocycles. The van der Waals surface area contributed by atoms with E-state index in [-0.39, 0.29) is 11.1 Å². The standard InChI is InChI=1S/C16H17FN2O4/c1-9-13(11-7-5-6-8-12(11)17)14(15(20)22-3)10(2)19(9)18-16(21)23-4/h5-8H,1-4H3,(H,18,21). The van der Waals surface area contributed by atoms with E-state index in [1.54, 1.807) is 32.0 Å². The van der Waals surface area contributed by atoms with Crippen LogP contribution in [0.25, 0.3) is 11.1 Å². The van der Waals surface area contributed by atoms with Gasteiger partial charge in [-0.1, -0.05) is 18.2 Å². The van der Waals surface area contributed by atoms with Crippen molar-refractivity contribution < 1.29 is 23.5 Å². The number of amides is 1. The predicted molar refractivity (Wildman–Crippen MR) is 82.4 cm³/mol. The highest BCUT2D eigenvalue weighted by molar-refractivity contribution is 6.00. The van der Waals surface area contributed by atoms with Crippen LogP contribution in [0.2, 0.25) is 0 Å². The van der Waals surface area contributed by atoms with Crippen molar-refractivity contribution in [2.75, 3.05) is 19.6 Å². The van der Waals surface area contributed by atoms with E-state index in [0.29, 0.717) is 17.0 Å². The Labute approximate surface area is 132 Å². The van der Waals surface area contributed by atoms with Crippen LogP contribution >= 0.6 is 0 Å². The van der Waals surface area contributed by atoms with Gasteiger partial charge in [0.25, 0.3) is 0 Å². The Morgan fingerprint density at radius 2 is 1.74 bits per heavy atom. The summed E-state index contributed by atoms with van der Waals surface area (Å²) in [5.74, 6) is -1.09. The summed E-state index contributed by atoms with van der Waals surface area (Å²) in [4.78, 5) is 23.7. The number of nitrogens with one attached hydrogen (secondary N) is 1. The van der Waals surface area contributed by atoms with E-state index in [1.807, 2.05) is 0 Å². The van der Waals surface area contributed by atoms with Gasteiger partial charge in [-0.15, -0.1) is 0 Å². The molecular formula is C16H17FN2O4. The number of hydrogen-bond acceptors (Lipinski definition) is 4. The third-order valence-corrected chi connectivity index (χ3v) is 3.57. The third kappa shape index (κ3) is 2.90. The largest absolute Gasteiger partial charge is 0.465 e. The summed E-state index contributed by atoms with van der Waals surface area (Å²) in [6.45, 7) is 3.29. The highest BCUT2D eigenvalue weighted by atomic mass is 19.1. The molecule has 2 aromatic rings. The number of ether oxygens (including phenoxy) is 2. The lowest BCUT2D eigenvalue weighted by molar-refractivity contribution is 0.0600. The second-order valence-corrected chi connectivity index (χ2v) is 4.83. The first kappa shape index (κ1) is 16.5. The van der Waals surface area contributed by atoms with Crippen molar-refractivity contribution in [1.29, 1.82) is 0 Å². The molecule has 0 aliphatic rings. The van der Waals surface area contributed by atoms with Gasteiger partial charge in [-0.25, -0.2) is 19.4 Å². The van der Waals surface area contributed by atoms with Gasteiger partial charge in [-0.05, 0) is 19.9 Å². The molecule has 6 nitrogen and oxygen atoms in total. The zero-order valence-corrected chi connectivity index (χ0v) is 13.3. The van der Waals surface area contributed by atoms with Crippen molar-refractivity contribution in [3.05, 3.63) is 47.0 Å². The van der Waals surface area contributed by atoms with E-state index >= 15 is 0 Å². The van der Waals surface area contributed by atoms with Crippen molar-refractivity contribution >= 4 is 12.1 Å². The lowest BCUT2D eigenvalue weighted by Crippen LogP contribution is -2.24. The van der Waals surface area contributed by atoms with Crippen LogP contribution < -0.4 is 5.43 Å². The van der Waals surface area contributed by atoms with Crippen LogP contribution in [0, 0.1) is 19.7 Å². The van der Waals surface area contributed by atoms with E-state index in [0.717, 1.165) is 0 Å². The average Bonchev–Trinajstić information content (AvgIpc) is 2.79. The third-order valence-electron chi connectivity index (χ3n) is 3.57. The van der Waals surface area contributed by atoms with Gasteiger partial charge >= 0.3 is 12.1 Å². The van der Waals surface area contributed by atoms with Gasteiger partial charge in [0.05, 0.1) is 25.5 Å². The van der Waals surface area contributed by atoms with E-state index in [2.05, 4.69) is 10.2 Å². The first-order valence-electron chi connectivity index (χ1n) is 6.82. The second-order valence-electron chi connectivity index (χ2n) is 4.83. The normalized spacial score (nSPS) is 10.3. The first-order chi connectivity index (χ1) is 10.9. The van der Waals surface area contributed by atoms with Crippen molar-refractivity contribution in [1.82, 2.24) is 4.68 Å². The minimum absolute atomic E-state index is 0.187. The molecule has 0 bridgehead atoms. The van der Waals surface area contributed by atoms with Gasteiger partial charge in [0.2, 0.25) is 0 Å². The molecule has 0 spiro atoms. The molecule has 0 atom stereocenters. The molecule has 1 amide bonds. The van der Waals surface area contributed by atoms with Crippen LogP contribution in [0.1, 0.15) is 21.7 Å².